The monoisotopic (exact) mass is 292 g/mol. The molecule has 106 valence electrons. The number of hydrogen-bond acceptors (Lipinski definition) is 4. The number of aromatic nitrogens is 1. The smallest absolute Gasteiger partial charge is 0.254 e. The fourth-order valence-electron chi connectivity index (χ4n) is 2.34. The molecule has 20 heavy (non-hydrogen) atoms. The van der Waals surface area contributed by atoms with E-state index in [9.17, 15) is 0 Å². The number of benzene rings is 1. The maximum absolute atomic E-state index is 5.87. The third kappa shape index (κ3) is 3.14. The van der Waals surface area contributed by atoms with Gasteiger partial charge in [-0.25, -0.2) is 0 Å². The van der Waals surface area contributed by atoms with E-state index in [0.29, 0.717) is 16.7 Å². The van der Waals surface area contributed by atoms with Crippen LogP contribution in [0.15, 0.2) is 34.9 Å². The Morgan fingerprint density at radius 3 is 2.65 bits per heavy atom. The van der Waals surface area contributed by atoms with Crippen LogP contribution in [0.4, 0.5) is 0 Å². The lowest BCUT2D eigenvalue weighted by molar-refractivity contribution is 0.106. The normalized spacial score (nSPS) is 17.3. The zero-order valence-corrected chi connectivity index (χ0v) is 12.1. The van der Waals surface area contributed by atoms with Crippen molar-refractivity contribution in [1.82, 2.24) is 10.1 Å². The standard InChI is InChI=1S/C15H17ClN2O2/c1-18-8-6-13(7-9-18)19-15-10-14(20-17-15)11-2-4-12(16)5-3-11/h2-5,10,13H,6-9H2,1H3. The molecule has 0 radical (unpaired) electrons. The molecule has 0 aliphatic carbocycles. The number of ether oxygens (including phenoxy) is 1. The van der Waals surface area contributed by atoms with E-state index in [1.54, 1.807) is 0 Å². The van der Waals surface area contributed by atoms with Crippen molar-refractivity contribution in [2.45, 2.75) is 18.9 Å². The summed E-state index contributed by atoms with van der Waals surface area (Å²) in [7, 11) is 2.13. The van der Waals surface area contributed by atoms with Crippen LogP contribution in [0, 0.1) is 0 Å². The molecule has 0 amide bonds. The quantitative estimate of drug-likeness (QED) is 0.868. The molecular weight excluding hydrogens is 276 g/mol. The van der Waals surface area contributed by atoms with Crippen LogP contribution in [-0.4, -0.2) is 36.3 Å². The zero-order valence-electron chi connectivity index (χ0n) is 11.4. The van der Waals surface area contributed by atoms with Gasteiger partial charge >= 0.3 is 0 Å². The third-order valence-corrected chi connectivity index (χ3v) is 3.82. The predicted molar refractivity (Wildman–Crippen MR) is 78.1 cm³/mol. The molecule has 3 rings (SSSR count). The SMILES string of the molecule is CN1CCC(Oc2cc(-c3ccc(Cl)cc3)on2)CC1. The van der Waals surface area contributed by atoms with Crippen molar-refractivity contribution in [1.29, 1.82) is 0 Å². The molecule has 4 nitrogen and oxygen atoms in total. The van der Waals surface area contributed by atoms with Crippen LogP contribution in [0.25, 0.3) is 11.3 Å². The van der Waals surface area contributed by atoms with Crippen LogP contribution in [0.2, 0.25) is 5.02 Å². The Labute approximate surface area is 123 Å². The van der Waals surface area contributed by atoms with Crippen molar-refractivity contribution >= 4 is 11.6 Å². The van der Waals surface area contributed by atoms with Crippen molar-refractivity contribution < 1.29 is 9.26 Å². The third-order valence-electron chi connectivity index (χ3n) is 3.57. The molecule has 1 aliphatic rings. The maximum atomic E-state index is 5.87. The van der Waals surface area contributed by atoms with E-state index in [0.717, 1.165) is 31.5 Å². The molecule has 0 atom stereocenters. The second-order valence-electron chi connectivity index (χ2n) is 5.16. The van der Waals surface area contributed by atoms with E-state index in [-0.39, 0.29) is 6.10 Å². The lowest BCUT2D eigenvalue weighted by Crippen LogP contribution is -2.35. The molecular formula is C15H17ClN2O2. The second-order valence-corrected chi connectivity index (χ2v) is 5.59. The van der Waals surface area contributed by atoms with Gasteiger partial charge in [-0.15, -0.1) is 0 Å². The Morgan fingerprint density at radius 2 is 1.95 bits per heavy atom. The van der Waals surface area contributed by atoms with Crippen molar-refractivity contribution in [3.63, 3.8) is 0 Å². The molecule has 2 heterocycles. The largest absolute Gasteiger partial charge is 0.472 e. The number of halogens is 1. The Morgan fingerprint density at radius 1 is 1.25 bits per heavy atom. The highest BCUT2D eigenvalue weighted by Gasteiger charge is 2.19. The first-order chi connectivity index (χ1) is 9.70. The summed E-state index contributed by atoms with van der Waals surface area (Å²) in [6.07, 6.45) is 2.29. The van der Waals surface area contributed by atoms with Crippen molar-refractivity contribution in [3.8, 4) is 17.2 Å². The van der Waals surface area contributed by atoms with Gasteiger partial charge in [0, 0.05) is 29.7 Å². The molecule has 1 aromatic heterocycles. The minimum Gasteiger partial charge on any atom is -0.472 e. The number of likely N-dealkylation sites (tertiary alicyclic amines) is 1. The van der Waals surface area contributed by atoms with Crippen molar-refractivity contribution in [3.05, 3.63) is 35.4 Å². The topological polar surface area (TPSA) is 38.5 Å². The average Bonchev–Trinajstić information content (AvgIpc) is 2.91. The molecule has 5 heteroatoms. The predicted octanol–water partition coefficient (Wildman–Crippen LogP) is 3.47. The van der Waals surface area contributed by atoms with Gasteiger partial charge in [0.05, 0.1) is 0 Å². The van der Waals surface area contributed by atoms with Crippen LogP contribution in [-0.2, 0) is 0 Å². The van der Waals surface area contributed by atoms with Gasteiger partial charge in [-0.3, -0.25) is 0 Å². The Bertz CT molecular complexity index is 560. The first-order valence-electron chi connectivity index (χ1n) is 6.78. The summed E-state index contributed by atoms with van der Waals surface area (Å²) in [5.41, 5.74) is 0.945. The molecule has 0 spiro atoms. The number of nitrogens with zero attached hydrogens (tertiary/aromatic N) is 2. The van der Waals surface area contributed by atoms with Gasteiger partial charge < -0.3 is 14.2 Å². The molecule has 0 saturated carbocycles. The van der Waals surface area contributed by atoms with Crippen molar-refractivity contribution in [2.24, 2.45) is 0 Å². The summed E-state index contributed by atoms with van der Waals surface area (Å²) >= 11 is 5.87. The summed E-state index contributed by atoms with van der Waals surface area (Å²) in [5, 5.41) is 4.69. The maximum Gasteiger partial charge on any atom is 0.254 e. The van der Waals surface area contributed by atoms with Gasteiger partial charge in [0.2, 0.25) is 0 Å². The van der Waals surface area contributed by atoms with Gasteiger partial charge in [0.25, 0.3) is 5.88 Å². The highest BCUT2D eigenvalue weighted by molar-refractivity contribution is 6.30. The molecule has 0 unspecified atom stereocenters. The Kier molecular flexibility index (Phi) is 3.94. The highest BCUT2D eigenvalue weighted by atomic mass is 35.5. The van der Waals surface area contributed by atoms with Gasteiger partial charge in [0.15, 0.2) is 5.76 Å². The highest BCUT2D eigenvalue weighted by Crippen LogP contribution is 2.26. The minimum atomic E-state index is 0.231. The molecule has 1 saturated heterocycles. The summed E-state index contributed by atoms with van der Waals surface area (Å²) in [6.45, 7) is 2.12. The number of hydrogen-bond donors (Lipinski definition) is 0. The summed E-state index contributed by atoms with van der Waals surface area (Å²) in [6, 6.07) is 9.31. The second kappa shape index (κ2) is 5.85. The lowest BCUT2D eigenvalue weighted by atomic mass is 10.1. The summed E-state index contributed by atoms with van der Waals surface area (Å²) in [4.78, 5) is 2.31. The van der Waals surface area contributed by atoms with Gasteiger partial charge in [0.1, 0.15) is 6.10 Å². The summed E-state index contributed by atoms with van der Waals surface area (Å²) in [5.74, 6) is 1.26. The van der Waals surface area contributed by atoms with E-state index >= 15 is 0 Å². The molecule has 0 N–H and O–H groups in total. The van der Waals surface area contributed by atoms with Crippen molar-refractivity contribution in [2.75, 3.05) is 20.1 Å². The first kappa shape index (κ1) is 13.5. The van der Waals surface area contributed by atoms with E-state index in [4.69, 9.17) is 20.9 Å². The van der Waals surface area contributed by atoms with Crippen LogP contribution in [0.3, 0.4) is 0 Å². The van der Waals surface area contributed by atoms with Gasteiger partial charge in [-0.2, -0.15) is 0 Å². The number of rotatable bonds is 3. The van der Waals surface area contributed by atoms with E-state index < -0.39 is 0 Å². The van der Waals surface area contributed by atoms with E-state index in [1.165, 1.54) is 0 Å². The van der Waals surface area contributed by atoms with Crippen LogP contribution < -0.4 is 4.74 Å². The average molecular weight is 293 g/mol. The molecule has 0 bridgehead atoms. The van der Waals surface area contributed by atoms with Gasteiger partial charge in [-0.05, 0) is 49.3 Å². The molecule has 1 fully saturated rings. The number of piperidine rings is 1. The Hall–Kier alpha value is -1.52. The fraction of sp³-hybridized carbons (Fsp3) is 0.400. The Balaban J connectivity index is 1.66. The van der Waals surface area contributed by atoms with E-state index in [1.807, 2.05) is 30.3 Å². The molecule has 1 aromatic carbocycles. The molecule has 2 aromatic rings. The first-order valence-corrected chi connectivity index (χ1v) is 7.16. The zero-order chi connectivity index (χ0) is 13.9. The van der Waals surface area contributed by atoms with Gasteiger partial charge in [-0.1, -0.05) is 11.6 Å². The lowest BCUT2D eigenvalue weighted by Gasteiger charge is -2.28. The van der Waals surface area contributed by atoms with Crippen LogP contribution in [0.5, 0.6) is 5.88 Å². The van der Waals surface area contributed by atoms with E-state index in [2.05, 4.69) is 17.1 Å². The van der Waals surface area contributed by atoms with Crippen LogP contribution >= 0.6 is 11.6 Å². The minimum absolute atomic E-state index is 0.231. The molecule has 1 aliphatic heterocycles. The fourth-order valence-corrected chi connectivity index (χ4v) is 2.46. The summed E-state index contributed by atoms with van der Waals surface area (Å²) < 4.78 is 11.2. The van der Waals surface area contributed by atoms with Crippen LogP contribution in [0.1, 0.15) is 12.8 Å².